The Bertz CT molecular complexity index is 949. The van der Waals surface area contributed by atoms with Crippen LogP contribution in [0.2, 0.25) is 0 Å². The van der Waals surface area contributed by atoms with E-state index in [-0.39, 0.29) is 11.9 Å². The van der Waals surface area contributed by atoms with Crippen molar-refractivity contribution >= 4 is 5.91 Å². The van der Waals surface area contributed by atoms with Gasteiger partial charge in [-0.2, -0.15) is 0 Å². The molecule has 2 aromatic rings. The molecule has 1 saturated heterocycles. The molecule has 34 heavy (non-hydrogen) atoms. The van der Waals surface area contributed by atoms with Crippen molar-refractivity contribution in [3.63, 3.8) is 0 Å². The van der Waals surface area contributed by atoms with Crippen LogP contribution in [0.1, 0.15) is 54.0 Å². The zero-order valence-corrected chi connectivity index (χ0v) is 20.5. The number of rotatable bonds is 9. The number of nitrogens with zero attached hydrogens (tertiary/aromatic N) is 3. The van der Waals surface area contributed by atoms with Crippen LogP contribution in [0.15, 0.2) is 22.8 Å². The predicted octanol–water partition coefficient (Wildman–Crippen LogP) is 3.08. The van der Waals surface area contributed by atoms with Gasteiger partial charge in [-0.25, -0.2) is 4.98 Å². The van der Waals surface area contributed by atoms with Crippen LogP contribution in [0.25, 0.3) is 0 Å². The van der Waals surface area contributed by atoms with E-state index in [1.807, 2.05) is 12.1 Å². The zero-order valence-electron chi connectivity index (χ0n) is 20.5. The maximum atomic E-state index is 12.5. The number of hydrogen-bond acceptors (Lipinski definition) is 8. The van der Waals surface area contributed by atoms with Crippen LogP contribution in [-0.4, -0.2) is 74.2 Å². The summed E-state index contributed by atoms with van der Waals surface area (Å²) < 4.78 is 22.1. The van der Waals surface area contributed by atoms with Crippen LogP contribution in [0.4, 0.5) is 0 Å². The monoisotopic (exact) mass is 472 g/mol. The molecule has 1 aromatic heterocycles. The molecule has 0 atom stereocenters. The Balaban J connectivity index is 1.27. The molecule has 0 unspecified atom stereocenters. The van der Waals surface area contributed by atoms with Crippen molar-refractivity contribution in [1.82, 2.24) is 20.1 Å². The molecule has 4 rings (SSSR count). The van der Waals surface area contributed by atoms with Gasteiger partial charge >= 0.3 is 0 Å². The normalized spacial score (nSPS) is 18.0. The van der Waals surface area contributed by atoms with Gasteiger partial charge in [0.15, 0.2) is 17.2 Å². The van der Waals surface area contributed by atoms with E-state index in [1.165, 1.54) is 25.5 Å². The smallest absolute Gasteiger partial charge is 0.273 e. The van der Waals surface area contributed by atoms with Crippen LogP contribution in [0.5, 0.6) is 17.2 Å². The van der Waals surface area contributed by atoms with E-state index in [0.717, 1.165) is 51.1 Å². The van der Waals surface area contributed by atoms with Gasteiger partial charge in [-0.1, -0.05) is 25.3 Å². The number of carbonyl (C=O) groups excluding carboxylic acids is 1. The molecule has 186 valence electrons. The van der Waals surface area contributed by atoms with Crippen LogP contribution in [0.3, 0.4) is 0 Å². The number of oxazole rings is 1. The lowest BCUT2D eigenvalue weighted by molar-refractivity contribution is 0.0922. The summed E-state index contributed by atoms with van der Waals surface area (Å²) in [4.78, 5) is 21.6. The quantitative estimate of drug-likeness (QED) is 0.596. The van der Waals surface area contributed by atoms with Crippen LogP contribution in [-0.2, 0) is 13.1 Å². The van der Waals surface area contributed by atoms with Gasteiger partial charge in [-0.15, -0.1) is 0 Å². The van der Waals surface area contributed by atoms with E-state index in [0.29, 0.717) is 35.4 Å². The first-order valence-electron chi connectivity index (χ1n) is 12.1. The topological polar surface area (TPSA) is 89.3 Å². The largest absolute Gasteiger partial charge is 0.493 e. The lowest BCUT2D eigenvalue weighted by Gasteiger charge is -2.34. The SMILES string of the molecule is COc1ccc(CN2CCN(Cc3nc(C(=O)NC4CCCCC4)co3)CC2)c(OC)c1OC. The lowest BCUT2D eigenvalue weighted by atomic mass is 9.95. The fourth-order valence-electron chi connectivity index (χ4n) is 4.82. The Labute approximate surface area is 201 Å². The van der Waals surface area contributed by atoms with Crippen molar-refractivity contribution in [2.24, 2.45) is 0 Å². The van der Waals surface area contributed by atoms with E-state index in [9.17, 15) is 4.79 Å². The summed E-state index contributed by atoms with van der Waals surface area (Å²) in [5, 5.41) is 3.10. The third-order valence-corrected chi connectivity index (χ3v) is 6.73. The minimum atomic E-state index is -0.129. The van der Waals surface area contributed by atoms with Crippen molar-refractivity contribution < 1.29 is 23.4 Å². The third-order valence-electron chi connectivity index (χ3n) is 6.73. The minimum absolute atomic E-state index is 0.129. The van der Waals surface area contributed by atoms with E-state index in [4.69, 9.17) is 18.6 Å². The molecule has 1 aliphatic carbocycles. The van der Waals surface area contributed by atoms with Crippen molar-refractivity contribution in [3.8, 4) is 17.2 Å². The number of carbonyl (C=O) groups is 1. The van der Waals surface area contributed by atoms with Crippen LogP contribution >= 0.6 is 0 Å². The molecule has 1 aliphatic heterocycles. The maximum Gasteiger partial charge on any atom is 0.273 e. The van der Waals surface area contributed by atoms with Gasteiger partial charge in [0.25, 0.3) is 5.91 Å². The highest BCUT2D eigenvalue weighted by Gasteiger charge is 2.23. The first-order chi connectivity index (χ1) is 16.6. The van der Waals surface area contributed by atoms with Gasteiger partial charge in [0.1, 0.15) is 6.26 Å². The molecule has 0 spiro atoms. The summed E-state index contributed by atoms with van der Waals surface area (Å²) in [6.45, 7) is 4.97. The summed E-state index contributed by atoms with van der Waals surface area (Å²) in [5.74, 6) is 2.45. The number of piperazine rings is 1. The summed E-state index contributed by atoms with van der Waals surface area (Å²) in [5.41, 5.74) is 1.44. The fraction of sp³-hybridized carbons (Fsp3) is 0.600. The summed E-state index contributed by atoms with van der Waals surface area (Å²) in [6.07, 6.45) is 7.20. The highest BCUT2D eigenvalue weighted by molar-refractivity contribution is 5.92. The van der Waals surface area contributed by atoms with Crippen molar-refractivity contribution in [2.75, 3.05) is 47.5 Å². The molecule has 2 fully saturated rings. The second-order valence-corrected chi connectivity index (χ2v) is 8.98. The second kappa shape index (κ2) is 11.6. The molecule has 1 N–H and O–H groups in total. The molecule has 2 heterocycles. The third kappa shape index (κ3) is 5.82. The summed E-state index contributed by atoms with van der Waals surface area (Å²) >= 11 is 0. The van der Waals surface area contributed by atoms with Gasteiger partial charge in [-0.05, 0) is 18.9 Å². The Morgan fingerprint density at radius 3 is 2.29 bits per heavy atom. The summed E-state index contributed by atoms with van der Waals surface area (Å²) in [7, 11) is 4.89. The zero-order chi connectivity index (χ0) is 23.9. The average Bonchev–Trinajstić information content (AvgIpc) is 3.34. The van der Waals surface area contributed by atoms with Gasteiger partial charge in [0.2, 0.25) is 11.6 Å². The molecule has 1 saturated carbocycles. The molecule has 1 aromatic carbocycles. The van der Waals surface area contributed by atoms with Crippen molar-refractivity contribution in [2.45, 2.75) is 51.2 Å². The Morgan fingerprint density at radius 1 is 0.971 bits per heavy atom. The van der Waals surface area contributed by atoms with E-state index < -0.39 is 0 Å². The molecule has 1 amide bonds. The van der Waals surface area contributed by atoms with Crippen molar-refractivity contribution in [3.05, 3.63) is 35.5 Å². The second-order valence-electron chi connectivity index (χ2n) is 8.98. The summed E-state index contributed by atoms with van der Waals surface area (Å²) in [6, 6.07) is 4.20. The lowest BCUT2D eigenvalue weighted by Crippen LogP contribution is -2.45. The van der Waals surface area contributed by atoms with Gasteiger partial charge in [0, 0.05) is 44.3 Å². The van der Waals surface area contributed by atoms with E-state index in [2.05, 4.69) is 20.1 Å². The first-order valence-corrected chi connectivity index (χ1v) is 12.1. The molecular formula is C25H36N4O5. The number of ether oxygens (including phenoxy) is 3. The maximum absolute atomic E-state index is 12.5. The van der Waals surface area contributed by atoms with Crippen LogP contribution < -0.4 is 19.5 Å². The van der Waals surface area contributed by atoms with Gasteiger partial charge in [-0.3, -0.25) is 14.6 Å². The highest BCUT2D eigenvalue weighted by atomic mass is 16.5. The van der Waals surface area contributed by atoms with Crippen LogP contribution in [0, 0.1) is 0 Å². The number of aromatic nitrogens is 1. The minimum Gasteiger partial charge on any atom is -0.493 e. The number of methoxy groups -OCH3 is 3. The molecule has 0 radical (unpaired) electrons. The standard InChI is InChI=1S/C25H36N4O5/c1-31-21-10-9-18(23(32-2)24(21)33-3)15-28-11-13-29(14-12-28)16-22-27-20(17-34-22)25(30)26-19-7-5-4-6-8-19/h9-10,17,19H,4-8,11-16H2,1-3H3,(H,26,30). The van der Waals surface area contributed by atoms with E-state index in [1.54, 1.807) is 21.3 Å². The fourth-order valence-corrected chi connectivity index (χ4v) is 4.82. The molecular weight excluding hydrogens is 436 g/mol. The van der Waals surface area contributed by atoms with E-state index >= 15 is 0 Å². The van der Waals surface area contributed by atoms with Crippen molar-refractivity contribution in [1.29, 1.82) is 0 Å². The van der Waals surface area contributed by atoms with Gasteiger partial charge < -0.3 is 23.9 Å². The number of hydrogen-bond donors (Lipinski definition) is 1. The number of benzene rings is 1. The predicted molar refractivity (Wildman–Crippen MR) is 127 cm³/mol. The Kier molecular flexibility index (Phi) is 8.29. The number of nitrogens with one attached hydrogen (secondary N) is 1. The molecule has 0 bridgehead atoms. The molecule has 2 aliphatic rings. The average molecular weight is 473 g/mol. The number of amides is 1. The van der Waals surface area contributed by atoms with Gasteiger partial charge in [0.05, 0.1) is 27.9 Å². The Hall–Kier alpha value is -2.78. The first kappa shape index (κ1) is 24.3. The highest BCUT2D eigenvalue weighted by Crippen LogP contribution is 2.40. The Morgan fingerprint density at radius 2 is 1.65 bits per heavy atom. The molecule has 9 heteroatoms. The molecule has 9 nitrogen and oxygen atoms in total.